The Morgan fingerprint density at radius 3 is 1.53 bits per heavy atom. The Hall–Kier alpha value is -8.92. The van der Waals surface area contributed by atoms with Gasteiger partial charge in [0.05, 0.1) is 17.1 Å². The Morgan fingerprint density at radius 1 is 0.324 bits per heavy atom. The maximum atomic E-state index is 5.25. The summed E-state index contributed by atoms with van der Waals surface area (Å²) in [5.74, 6) is 0.739. The van der Waals surface area contributed by atoms with Gasteiger partial charge in [-0.15, -0.1) is 0 Å². The van der Waals surface area contributed by atoms with Crippen molar-refractivity contribution in [2.45, 2.75) is 44.9 Å². The summed E-state index contributed by atoms with van der Waals surface area (Å²) >= 11 is 0. The lowest BCUT2D eigenvalue weighted by Gasteiger charge is -2.30. The predicted molar refractivity (Wildman–Crippen MR) is 307 cm³/mol. The molecular weight excluding hydrogens is 895 g/mol. The standard InChI is InChI=1S/C71H53N3/c1-70(2)61-26-14-12-23-57(61)68-62(70)27-16-28-66(68)74(54-39-40-56-55-22-11-13-25-60(55)71(3,4)63(56)43-54)53-37-35-46(36-38-53)45-29-31-47(32-30-45)50-33-34-51-41-52-21-15-24-58(67(52)59(51)42-50)69-72-64(48-17-7-5-8-18-48)44-65(73-69)49-19-9-6-10-20-49/h5-40,42-44H,41H2,1-4H3. The van der Waals surface area contributed by atoms with Crippen LogP contribution in [0.3, 0.4) is 0 Å². The van der Waals surface area contributed by atoms with E-state index in [0.29, 0.717) is 0 Å². The van der Waals surface area contributed by atoms with E-state index in [0.717, 1.165) is 51.7 Å². The van der Waals surface area contributed by atoms with E-state index in [4.69, 9.17) is 9.97 Å². The Bertz CT molecular complexity index is 3960. The van der Waals surface area contributed by atoms with Crippen molar-refractivity contribution in [2.24, 2.45) is 0 Å². The summed E-state index contributed by atoms with van der Waals surface area (Å²) in [7, 11) is 0. The number of nitrogens with zero attached hydrogens (tertiary/aromatic N) is 3. The Labute approximate surface area is 434 Å². The zero-order chi connectivity index (χ0) is 49.7. The summed E-state index contributed by atoms with van der Waals surface area (Å²) in [5.41, 5.74) is 28.9. The molecule has 3 nitrogen and oxygen atoms in total. The van der Waals surface area contributed by atoms with Crippen molar-refractivity contribution in [1.82, 2.24) is 9.97 Å². The van der Waals surface area contributed by atoms with E-state index in [1.54, 1.807) is 0 Å². The lowest BCUT2D eigenvalue weighted by atomic mass is 9.82. The van der Waals surface area contributed by atoms with Crippen LogP contribution in [-0.4, -0.2) is 9.97 Å². The van der Waals surface area contributed by atoms with E-state index in [9.17, 15) is 0 Å². The summed E-state index contributed by atoms with van der Waals surface area (Å²) in [5, 5.41) is 0. The highest BCUT2D eigenvalue weighted by molar-refractivity contribution is 5.97. The third-order valence-corrected chi connectivity index (χ3v) is 16.3. The molecule has 0 fully saturated rings. The molecule has 74 heavy (non-hydrogen) atoms. The van der Waals surface area contributed by atoms with Gasteiger partial charge in [0, 0.05) is 44.5 Å². The van der Waals surface area contributed by atoms with Crippen LogP contribution in [0.5, 0.6) is 0 Å². The highest BCUT2D eigenvalue weighted by Gasteiger charge is 2.39. The van der Waals surface area contributed by atoms with Gasteiger partial charge in [-0.25, -0.2) is 9.97 Å². The maximum Gasteiger partial charge on any atom is 0.161 e. The normalized spacial score (nSPS) is 13.8. The highest BCUT2D eigenvalue weighted by Crippen LogP contribution is 2.56. The molecule has 1 heterocycles. The van der Waals surface area contributed by atoms with Gasteiger partial charge in [-0.3, -0.25) is 0 Å². The first kappa shape index (κ1) is 43.8. The monoisotopic (exact) mass is 947 g/mol. The van der Waals surface area contributed by atoms with Gasteiger partial charge in [0.25, 0.3) is 0 Å². The molecule has 0 aliphatic heterocycles. The molecule has 3 heteroatoms. The second kappa shape index (κ2) is 16.8. The summed E-state index contributed by atoms with van der Waals surface area (Å²) in [4.78, 5) is 13.0. The third-order valence-electron chi connectivity index (χ3n) is 16.3. The van der Waals surface area contributed by atoms with Crippen LogP contribution in [0.25, 0.3) is 89.5 Å². The van der Waals surface area contributed by atoms with Gasteiger partial charge in [0.2, 0.25) is 0 Å². The Morgan fingerprint density at radius 2 is 0.838 bits per heavy atom. The SMILES string of the molecule is CC1(C)c2ccccc2-c2ccc(N(c3ccc(-c4ccc(-c5ccc6c(c5)-c5c(cccc5-c5nc(-c7ccccc7)cc(-c7ccccc7)n5)C6)cc4)cc3)c3cccc4c3-c3ccccc3C4(C)C)cc21. The minimum atomic E-state index is -0.123. The van der Waals surface area contributed by atoms with Crippen molar-refractivity contribution < 1.29 is 0 Å². The van der Waals surface area contributed by atoms with E-state index >= 15 is 0 Å². The van der Waals surface area contributed by atoms with Gasteiger partial charge in [0.1, 0.15) is 0 Å². The Balaban J connectivity index is 0.812. The van der Waals surface area contributed by atoms with Crippen LogP contribution in [0.4, 0.5) is 17.1 Å². The lowest BCUT2D eigenvalue weighted by Crippen LogP contribution is -2.17. The molecule has 0 saturated carbocycles. The van der Waals surface area contributed by atoms with E-state index in [-0.39, 0.29) is 10.8 Å². The van der Waals surface area contributed by atoms with E-state index in [1.807, 2.05) is 12.1 Å². The van der Waals surface area contributed by atoms with E-state index in [1.165, 1.54) is 94.7 Å². The molecule has 0 atom stereocenters. The Kier molecular flexibility index (Phi) is 9.97. The van der Waals surface area contributed by atoms with E-state index in [2.05, 4.69) is 257 Å². The van der Waals surface area contributed by atoms with Crippen LogP contribution in [-0.2, 0) is 17.3 Å². The van der Waals surface area contributed by atoms with Gasteiger partial charge >= 0.3 is 0 Å². The number of anilines is 3. The fourth-order valence-electron chi connectivity index (χ4n) is 12.5. The first-order valence-corrected chi connectivity index (χ1v) is 25.9. The zero-order valence-corrected chi connectivity index (χ0v) is 42.1. The van der Waals surface area contributed by atoms with Crippen LogP contribution in [0.1, 0.15) is 61.1 Å². The second-order valence-electron chi connectivity index (χ2n) is 21.3. The molecule has 0 saturated heterocycles. The van der Waals surface area contributed by atoms with Crippen LogP contribution < -0.4 is 4.90 Å². The molecule has 0 amide bonds. The van der Waals surface area contributed by atoms with Gasteiger partial charge < -0.3 is 4.90 Å². The molecule has 1 aromatic heterocycles. The molecule has 3 aliphatic carbocycles. The minimum Gasteiger partial charge on any atom is -0.310 e. The van der Waals surface area contributed by atoms with Crippen molar-refractivity contribution in [2.75, 3.05) is 4.90 Å². The number of aromatic nitrogens is 2. The van der Waals surface area contributed by atoms with Crippen molar-refractivity contribution in [3.8, 4) is 89.5 Å². The highest BCUT2D eigenvalue weighted by atomic mass is 15.1. The van der Waals surface area contributed by atoms with Crippen molar-refractivity contribution in [1.29, 1.82) is 0 Å². The molecule has 352 valence electrons. The van der Waals surface area contributed by atoms with Gasteiger partial charge in [-0.05, 0) is 132 Å². The van der Waals surface area contributed by atoms with Gasteiger partial charge in [0.15, 0.2) is 5.82 Å². The number of fused-ring (bicyclic) bond motifs is 9. The molecule has 14 rings (SSSR count). The molecule has 0 N–H and O–H groups in total. The third kappa shape index (κ3) is 6.95. The predicted octanol–water partition coefficient (Wildman–Crippen LogP) is 18.5. The van der Waals surface area contributed by atoms with Crippen molar-refractivity contribution >= 4 is 17.1 Å². The number of benzene rings is 10. The molecule has 11 aromatic rings. The molecule has 3 aliphatic rings. The van der Waals surface area contributed by atoms with Crippen molar-refractivity contribution in [3.05, 3.63) is 270 Å². The first-order chi connectivity index (χ1) is 36.2. The zero-order valence-electron chi connectivity index (χ0n) is 42.1. The molecule has 0 radical (unpaired) electrons. The van der Waals surface area contributed by atoms with Crippen LogP contribution in [0.2, 0.25) is 0 Å². The fourth-order valence-corrected chi connectivity index (χ4v) is 12.5. The average molecular weight is 948 g/mol. The number of hydrogen-bond donors (Lipinski definition) is 0. The molecule has 0 unspecified atom stereocenters. The molecule has 0 bridgehead atoms. The maximum absolute atomic E-state index is 5.25. The van der Waals surface area contributed by atoms with Crippen molar-refractivity contribution in [3.63, 3.8) is 0 Å². The number of rotatable bonds is 8. The summed E-state index contributed by atoms with van der Waals surface area (Å²) < 4.78 is 0. The molecule has 10 aromatic carbocycles. The van der Waals surface area contributed by atoms with Gasteiger partial charge in [-0.1, -0.05) is 222 Å². The topological polar surface area (TPSA) is 29.0 Å². The van der Waals surface area contributed by atoms with Crippen LogP contribution >= 0.6 is 0 Å². The average Bonchev–Trinajstić information content (AvgIpc) is 4.03. The fraction of sp³-hybridized carbons (Fsp3) is 0.0986. The van der Waals surface area contributed by atoms with Gasteiger partial charge in [-0.2, -0.15) is 0 Å². The summed E-state index contributed by atoms with van der Waals surface area (Å²) in [6, 6.07) is 86.7. The van der Waals surface area contributed by atoms with Crippen LogP contribution in [0, 0.1) is 0 Å². The summed E-state index contributed by atoms with van der Waals surface area (Å²) in [6.45, 7) is 9.47. The number of hydrogen-bond acceptors (Lipinski definition) is 3. The summed E-state index contributed by atoms with van der Waals surface area (Å²) in [6.07, 6.45) is 0.881. The first-order valence-electron chi connectivity index (χ1n) is 25.9. The second-order valence-corrected chi connectivity index (χ2v) is 21.3. The van der Waals surface area contributed by atoms with E-state index < -0.39 is 0 Å². The van der Waals surface area contributed by atoms with Crippen LogP contribution in [0.15, 0.2) is 237 Å². The quantitative estimate of drug-likeness (QED) is 0.152. The molecule has 0 spiro atoms. The minimum absolute atomic E-state index is 0.115. The largest absolute Gasteiger partial charge is 0.310 e. The lowest BCUT2D eigenvalue weighted by molar-refractivity contribution is 0.660. The smallest absolute Gasteiger partial charge is 0.161 e. The molecular formula is C71H53N3.